The van der Waals surface area contributed by atoms with Crippen LogP contribution < -0.4 is 10.6 Å². The van der Waals surface area contributed by atoms with Crippen LogP contribution in [0, 0.1) is 5.92 Å². The first kappa shape index (κ1) is 18.5. The molecule has 0 saturated carbocycles. The maximum atomic E-state index is 11.5. The minimum absolute atomic E-state index is 0.262. The molecule has 22 heavy (non-hydrogen) atoms. The smallest absolute Gasteiger partial charge is 0.407 e. The van der Waals surface area contributed by atoms with E-state index in [1.54, 1.807) is 0 Å². The van der Waals surface area contributed by atoms with Gasteiger partial charge in [0.25, 0.3) is 0 Å². The molecule has 0 aliphatic rings. The Bertz CT molecular complexity index is 447. The zero-order valence-electron chi connectivity index (χ0n) is 14.5. The summed E-state index contributed by atoms with van der Waals surface area (Å²) in [7, 11) is 0. The fraction of sp³-hybridized carbons (Fsp3) is 0.611. The molecule has 0 bridgehead atoms. The number of hydrogen-bond acceptors (Lipinski definition) is 3. The van der Waals surface area contributed by atoms with Crippen molar-refractivity contribution in [3.63, 3.8) is 0 Å². The van der Waals surface area contributed by atoms with E-state index in [1.165, 1.54) is 11.1 Å². The topological polar surface area (TPSA) is 50.4 Å². The van der Waals surface area contributed by atoms with Crippen molar-refractivity contribution in [2.75, 3.05) is 13.2 Å². The molecule has 0 unspecified atom stereocenters. The van der Waals surface area contributed by atoms with E-state index in [-0.39, 0.29) is 11.6 Å². The van der Waals surface area contributed by atoms with Gasteiger partial charge < -0.3 is 15.4 Å². The Morgan fingerprint density at radius 1 is 1.14 bits per heavy atom. The van der Waals surface area contributed by atoms with Gasteiger partial charge >= 0.3 is 6.09 Å². The zero-order valence-corrected chi connectivity index (χ0v) is 14.5. The Morgan fingerprint density at radius 3 is 2.27 bits per heavy atom. The molecule has 124 valence electrons. The van der Waals surface area contributed by atoms with E-state index in [9.17, 15) is 4.79 Å². The predicted molar refractivity (Wildman–Crippen MR) is 90.9 cm³/mol. The van der Waals surface area contributed by atoms with Crippen LogP contribution in [0.5, 0.6) is 0 Å². The van der Waals surface area contributed by atoms with Crippen molar-refractivity contribution in [2.45, 2.75) is 53.1 Å². The normalized spacial score (nSPS) is 11.5. The minimum atomic E-state index is -0.359. The van der Waals surface area contributed by atoms with Crippen molar-refractivity contribution in [1.82, 2.24) is 10.6 Å². The van der Waals surface area contributed by atoms with Gasteiger partial charge in [-0.2, -0.15) is 0 Å². The van der Waals surface area contributed by atoms with Crippen LogP contribution in [0.15, 0.2) is 24.3 Å². The quantitative estimate of drug-likeness (QED) is 0.810. The van der Waals surface area contributed by atoms with E-state index in [4.69, 9.17) is 4.74 Å². The van der Waals surface area contributed by atoms with Crippen LogP contribution in [0.1, 0.15) is 45.7 Å². The maximum absolute atomic E-state index is 11.5. The molecule has 0 aromatic heterocycles. The van der Waals surface area contributed by atoms with E-state index >= 15 is 0 Å². The lowest BCUT2D eigenvalue weighted by molar-refractivity contribution is 0.139. The van der Waals surface area contributed by atoms with Crippen molar-refractivity contribution in [2.24, 2.45) is 5.92 Å². The summed E-state index contributed by atoms with van der Waals surface area (Å²) in [5.41, 5.74) is 2.19. The molecule has 0 fully saturated rings. The monoisotopic (exact) mass is 306 g/mol. The fourth-order valence-electron chi connectivity index (χ4n) is 1.93. The summed E-state index contributed by atoms with van der Waals surface area (Å²) in [4.78, 5) is 11.5. The highest BCUT2D eigenvalue weighted by Gasteiger charge is 2.14. The molecule has 0 heterocycles. The lowest BCUT2D eigenvalue weighted by atomic mass is 10.1. The molecule has 0 saturated heterocycles. The number of hydrogen-bond donors (Lipinski definition) is 2. The van der Waals surface area contributed by atoms with Gasteiger partial charge in [-0.05, 0) is 44.4 Å². The highest BCUT2D eigenvalue weighted by atomic mass is 16.5. The number of ether oxygens (including phenoxy) is 1. The van der Waals surface area contributed by atoms with E-state index in [0.717, 1.165) is 19.5 Å². The van der Waals surface area contributed by atoms with Crippen LogP contribution in [-0.4, -0.2) is 24.8 Å². The molecule has 0 spiro atoms. The van der Waals surface area contributed by atoms with Crippen molar-refractivity contribution < 1.29 is 9.53 Å². The average Bonchev–Trinajstić information content (AvgIpc) is 2.38. The molecule has 1 amide bonds. The summed E-state index contributed by atoms with van der Waals surface area (Å²) in [6, 6.07) is 8.44. The number of rotatable bonds is 7. The van der Waals surface area contributed by atoms with E-state index in [0.29, 0.717) is 12.5 Å². The number of benzene rings is 1. The standard InChI is InChI=1S/C18H30N2O2/c1-14(2)12-19-13-16-8-6-15(7-9-16)10-11-22-17(21)20-18(3,4)5/h6-9,14,19H,10-13H2,1-5H3,(H,20,21). The van der Waals surface area contributed by atoms with E-state index in [2.05, 4.69) is 48.7 Å². The number of carbonyl (C=O) groups excluding carboxylic acids is 1. The number of amides is 1. The van der Waals surface area contributed by atoms with Gasteiger partial charge in [-0.15, -0.1) is 0 Å². The van der Waals surface area contributed by atoms with Crippen molar-refractivity contribution in [1.29, 1.82) is 0 Å². The number of nitrogens with one attached hydrogen (secondary N) is 2. The van der Waals surface area contributed by atoms with Crippen molar-refractivity contribution >= 4 is 6.09 Å². The van der Waals surface area contributed by atoms with Gasteiger partial charge in [0.15, 0.2) is 0 Å². The van der Waals surface area contributed by atoms with Gasteiger partial charge in [0.2, 0.25) is 0 Å². The highest BCUT2D eigenvalue weighted by molar-refractivity contribution is 5.68. The molecule has 1 rings (SSSR count). The first-order valence-electron chi connectivity index (χ1n) is 8.00. The minimum Gasteiger partial charge on any atom is -0.449 e. The molecule has 0 aliphatic carbocycles. The highest BCUT2D eigenvalue weighted by Crippen LogP contribution is 2.06. The molecule has 4 heteroatoms. The van der Waals surface area contributed by atoms with Crippen LogP contribution in [-0.2, 0) is 17.7 Å². The van der Waals surface area contributed by atoms with Crippen molar-refractivity contribution in [3.05, 3.63) is 35.4 Å². The van der Waals surface area contributed by atoms with E-state index in [1.807, 2.05) is 20.8 Å². The third-order valence-electron chi connectivity index (χ3n) is 3.01. The van der Waals surface area contributed by atoms with Gasteiger partial charge in [0, 0.05) is 18.5 Å². The maximum Gasteiger partial charge on any atom is 0.407 e. The summed E-state index contributed by atoms with van der Waals surface area (Å²) >= 11 is 0. The molecule has 4 nitrogen and oxygen atoms in total. The fourth-order valence-corrected chi connectivity index (χ4v) is 1.93. The molecule has 1 aromatic rings. The summed E-state index contributed by atoms with van der Waals surface area (Å²) in [6.45, 7) is 12.5. The Labute approximate surface area is 134 Å². The molecule has 0 radical (unpaired) electrons. The van der Waals surface area contributed by atoms with Crippen LogP contribution in [0.3, 0.4) is 0 Å². The molecular weight excluding hydrogens is 276 g/mol. The third kappa shape index (κ3) is 8.67. The van der Waals surface area contributed by atoms with Crippen LogP contribution in [0.25, 0.3) is 0 Å². The summed E-state index contributed by atoms with van der Waals surface area (Å²) in [5.74, 6) is 0.663. The van der Waals surface area contributed by atoms with Gasteiger partial charge in [-0.25, -0.2) is 4.79 Å². The number of carbonyl (C=O) groups is 1. The van der Waals surface area contributed by atoms with Gasteiger partial charge in [0.1, 0.15) is 0 Å². The third-order valence-corrected chi connectivity index (χ3v) is 3.01. The largest absolute Gasteiger partial charge is 0.449 e. The van der Waals surface area contributed by atoms with Crippen molar-refractivity contribution in [3.8, 4) is 0 Å². The lowest BCUT2D eigenvalue weighted by Crippen LogP contribution is -2.41. The van der Waals surface area contributed by atoms with Gasteiger partial charge in [-0.3, -0.25) is 0 Å². The summed E-state index contributed by atoms with van der Waals surface area (Å²) in [6.07, 6.45) is 0.374. The Kier molecular flexibility index (Phi) is 7.39. The zero-order chi connectivity index (χ0) is 16.6. The van der Waals surface area contributed by atoms with Gasteiger partial charge in [0.05, 0.1) is 6.61 Å². The molecule has 0 aliphatic heterocycles. The van der Waals surface area contributed by atoms with Crippen LogP contribution in [0.2, 0.25) is 0 Å². The van der Waals surface area contributed by atoms with Crippen LogP contribution >= 0.6 is 0 Å². The first-order chi connectivity index (χ1) is 10.3. The van der Waals surface area contributed by atoms with Gasteiger partial charge in [-0.1, -0.05) is 38.1 Å². The van der Waals surface area contributed by atoms with Crippen LogP contribution in [0.4, 0.5) is 4.79 Å². The molecular formula is C18H30N2O2. The second-order valence-corrected chi connectivity index (χ2v) is 7.10. The average molecular weight is 306 g/mol. The first-order valence-corrected chi connectivity index (χ1v) is 8.00. The summed E-state index contributed by atoms with van der Waals surface area (Å²) < 4.78 is 5.18. The second-order valence-electron chi connectivity index (χ2n) is 7.10. The predicted octanol–water partition coefficient (Wildman–Crippen LogP) is 3.50. The SMILES string of the molecule is CC(C)CNCc1ccc(CCOC(=O)NC(C)(C)C)cc1. The molecule has 1 aromatic carbocycles. The lowest BCUT2D eigenvalue weighted by Gasteiger charge is -2.19. The van der Waals surface area contributed by atoms with E-state index < -0.39 is 0 Å². The molecule has 0 atom stereocenters. The second kappa shape index (κ2) is 8.79. The Hall–Kier alpha value is -1.55. The molecule has 2 N–H and O–H groups in total. The summed E-state index contributed by atoms with van der Waals surface area (Å²) in [5, 5.41) is 6.20. The Morgan fingerprint density at radius 2 is 1.73 bits per heavy atom. The Balaban J connectivity index is 2.28. The number of alkyl carbamates (subject to hydrolysis) is 1.